The van der Waals surface area contributed by atoms with Crippen molar-refractivity contribution in [2.24, 2.45) is 5.92 Å². The van der Waals surface area contributed by atoms with Gasteiger partial charge in [0.1, 0.15) is 0 Å². The number of carbonyl (C=O) groups excluding carboxylic acids is 1. The molecule has 0 aromatic carbocycles. The highest BCUT2D eigenvalue weighted by molar-refractivity contribution is 5.69. The first-order chi connectivity index (χ1) is 6.99. The minimum atomic E-state index is -0.226. The molecule has 0 radical (unpaired) electrons. The number of aliphatic hydroxyl groups is 1. The van der Waals surface area contributed by atoms with Crippen LogP contribution in [0.2, 0.25) is 0 Å². The fourth-order valence-electron chi connectivity index (χ4n) is 1.56. The van der Waals surface area contributed by atoms with E-state index in [1.54, 1.807) is 0 Å². The summed E-state index contributed by atoms with van der Waals surface area (Å²) in [7, 11) is 1.38. The monoisotopic (exact) mass is 217 g/mol. The number of carbonyl (C=O) groups is 1. The van der Waals surface area contributed by atoms with Gasteiger partial charge in [0, 0.05) is 12.1 Å². The second-order valence-corrected chi connectivity index (χ2v) is 4.36. The zero-order chi connectivity index (χ0) is 11.8. The van der Waals surface area contributed by atoms with Crippen molar-refractivity contribution in [3.05, 3.63) is 0 Å². The van der Waals surface area contributed by atoms with E-state index in [1.807, 2.05) is 6.92 Å². The van der Waals surface area contributed by atoms with Crippen LogP contribution in [0.3, 0.4) is 0 Å². The molecule has 0 aromatic heterocycles. The van der Waals surface area contributed by atoms with Gasteiger partial charge >= 0.3 is 5.97 Å². The number of rotatable bonds is 7. The second-order valence-electron chi connectivity index (χ2n) is 4.36. The van der Waals surface area contributed by atoms with E-state index in [-0.39, 0.29) is 24.7 Å². The molecule has 0 aromatic rings. The lowest BCUT2D eigenvalue weighted by molar-refractivity contribution is -0.141. The predicted octanol–water partition coefficient (Wildman–Crippen LogP) is 0.935. The number of methoxy groups -OCH3 is 1. The van der Waals surface area contributed by atoms with E-state index in [9.17, 15) is 4.79 Å². The minimum Gasteiger partial charge on any atom is -0.469 e. The molecule has 0 aliphatic carbocycles. The van der Waals surface area contributed by atoms with Crippen LogP contribution >= 0.6 is 0 Å². The van der Waals surface area contributed by atoms with Crippen molar-refractivity contribution in [3.8, 4) is 0 Å². The molecule has 0 spiro atoms. The Labute approximate surface area is 92.0 Å². The molecule has 4 nitrogen and oxygen atoms in total. The van der Waals surface area contributed by atoms with Crippen molar-refractivity contribution in [3.63, 3.8) is 0 Å². The molecule has 0 fully saturated rings. The summed E-state index contributed by atoms with van der Waals surface area (Å²) in [6.45, 7) is 6.23. The van der Waals surface area contributed by atoms with Crippen LogP contribution in [0.5, 0.6) is 0 Å². The SMILES string of the molecule is COC(=O)CC(C)NC(CO)CC(C)C. The summed E-state index contributed by atoms with van der Waals surface area (Å²) in [5, 5.41) is 12.3. The van der Waals surface area contributed by atoms with Crippen molar-refractivity contribution in [2.45, 2.75) is 45.7 Å². The van der Waals surface area contributed by atoms with E-state index >= 15 is 0 Å². The van der Waals surface area contributed by atoms with Gasteiger partial charge in [-0.2, -0.15) is 0 Å². The second kappa shape index (κ2) is 7.65. The maximum Gasteiger partial charge on any atom is 0.307 e. The van der Waals surface area contributed by atoms with E-state index in [0.29, 0.717) is 12.3 Å². The van der Waals surface area contributed by atoms with Crippen LogP contribution in [0.4, 0.5) is 0 Å². The standard InChI is InChI=1S/C11H23NO3/c1-8(2)5-10(7-13)12-9(3)6-11(14)15-4/h8-10,12-13H,5-7H2,1-4H3. The molecule has 0 amide bonds. The van der Waals surface area contributed by atoms with E-state index in [0.717, 1.165) is 6.42 Å². The lowest BCUT2D eigenvalue weighted by atomic mass is 10.0. The molecule has 0 saturated heterocycles. The quantitative estimate of drug-likeness (QED) is 0.623. The van der Waals surface area contributed by atoms with E-state index in [2.05, 4.69) is 23.9 Å². The van der Waals surface area contributed by atoms with Gasteiger partial charge in [0.05, 0.1) is 20.1 Å². The van der Waals surface area contributed by atoms with Crippen LogP contribution in [0.15, 0.2) is 0 Å². The maximum absolute atomic E-state index is 11.0. The molecule has 4 heteroatoms. The molecule has 2 atom stereocenters. The fraction of sp³-hybridized carbons (Fsp3) is 0.909. The molecule has 90 valence electrons. The average Bonchev–Trinajstić information content (AvgIpc) is 2.15. The van der Waals surface area contributed by atoms with Gasteiger partial charge in [-0.1, -0.05) is 13.8 Å². The van der Waals surface area contributed by atoms with E-state index in [4.69, 9.17) is 5.11 Å². The molecule has 0 heterocycles. The molecular formula is C11H23NO3. The fourth-order valence-corrected chi connectivity index (χ4v) is 1.56. The van der Waals surface area contributed by atoms with Gasteiger partial charge in [-0.3, -0.25) is 4.79 Å². The van der Waals surface area contributed by atoms with Crippen molar-refractivity contribution in [1.29, 1.82) is 0 Å². The molecular weight excluding hydrogens is 194 g/mol. The molecule has 0 bridgehead atoms. The van der Waals surface area contributed by atoms with Crippen LogP contribution in [0.25, 0.3) is 0 Å². The van der Waals surface area contributed by atoms with Gasteiger partial charge in [-0.15, -0.1) is 0 Å². The van der Waals surface area contributed by atoms with Gasteiger partial charge in [-0.05, 0) is 19.3 Å². The van der Waals surface area contributed by atoms with Gasteiger partial charge in [0.25, 0.3) is 0 Å². The van der Waals surface area contributed by atoms with Crippen molar-refractivity contribution in [1.82, 2.24) is 5.32 Å². The Bertz CT molecular complexity index is 183. The highest BCUT2D eigenvalue weighted by Crippen LogP contribution is 2.06. The van der Waals surface area contributed by atoms with Crippen LogP contribution in [-0.2, 0) is 9.53 Å². The molecule has 0 aliphatic rings. The van der Waals surface area contributed by atoms with Gasteiger partial charge in [-0.25, -0.2) is 0 Å². The lowest BCUT2D eigenvalue weighted by Gasteiger charge is -2.22. The first kappa shape index (κ1) is 14.4. The number of nitrogens with one attached hydrogen (secondary N) is 1. The normalized spacial score (nSPS) is 15.1. The molecule has 0 saturated carbocycles. The third-order valence-electron chi connectivity index (χ3n) is 2.20. The Balaban J connectivity index is 3.89. The number of ether oxygens (including phenoxy) is 1. The maximum atomic E-state index is 11.0. The predicted molar refractivity (Wildman–Crippen MR) is 59.6 cm³/mol. The third kappa shape index (κ3) is 7.33. The lowest BCUT2D eigenvalue weighted by Crippen LogP contribution is -2.41. The number of esters is 1. The van der Waals surface area contributed by atoms with E-state index in [1.165, 1.54) is 7.11 Å². The Kier molecular flexibility index (Phi) is 7.34. The smallest absolute Gasteiger partial charge is 0.307 e. The molecule has 2 unspecified atom stereocenters. The van der Waals surface area contributed by atoms with Crippen LogP contribution in [0, 0.1) is 5.92 Å². The first-order valence-electron chi connectivity index (χ1n) is 5.43. The van der Waals surface area contributed by atoms with Crippen LogP contribution in [-0.4, -0.2) is 36.9 Å². The molecule has 2 N–H and O–H groups in total. The van der Waals surface area contributed by atoms with Crippen molar-refractivity contribution in [2.75, 3.05) is 13.7 Å². The minimum absolute atomic E-state index is 0.0355. The van der Waals surface area contributed by atoms with Crippen LogP contribution < -0.4 is 5.32 Å². The first-order valence-corrected chi connectivity index (χ1v) is 5.43. The summed E-state index contributed by atoms with van der Waals surface area (Å²) in [6.07, 6.45) is 1.24. The summed E-state index contributed by atoms with van der Waals surface area (Å²) < 4.78 is 4.58. The molecule has 0 rings (SSSR count). The Hall–Kier alpha value is -0.610. The summed E-state index contributed by atoms with van der Waals surface area (Å²) in [5.74, 6) is 0.302. The number of hydrogen-bond donors (Lipinski definition) is 2. The third-order valence-corrected chi connectivity index (χ3v) is 2.20. The van der Waals surface area contributed by atoms with Gasteiger partial charge in [0.15, 0.2) is 0 Å². The summed E-state index contributed by atoms with van der Waals surface area (Å²) in [4.78, 5) is 11.0. The van der Waals surface area contributed by atoms with Gasteiger partial charge in [0.2, 0.25) is 0 Å². The van der Waals surface area contributed by atoms with Crippen molar-refractivity contribution < 1.29 is 14.6 Å². The molecule has 0 aliphatic heterocycles. The zero-order valence-electron chi connectivity index (χ0n) is 10.1. The number of hydrogen-bond acceptors (Lipinski definition) is 4. The summed E-state index contributed by atoms with van der Waals surface area (Å²) in [6, 6.07) is 0.0954. The van der Waals surface area contributed by atoms with E-state index < -0.39 is 0 Å². The Morgan fingerprint density at radius 1 is 1.40 bits per heavy atom. The molecule has 15 heavy (non-hydrogen) atoms. The average molecular weight is 217 g/mol. The Morgan fingerprint density at radius 2 is 2.00 bits per heavy atom. The topological polar surface area (TPSA) is 58.6 Å². The highest BCUT2D eigenvalue weighted by Gasteiger charge is 2.15. The Morgan fingerprint density at radius 3 is 2.40 bits per heavy atom. The summed E-state index contributed by atoms with van der Waals surface area (Å²) >= 11 is 0. The number of aliphatic hydroxyl groups excluding tert-OH is 1. The van der Waals surface area contributed by atoms with Gasteiger partial charge < -0.3 is 15.2 Å². The van der Waals surface area contributed by atoms with Crippen molar-refractivity contribution >= 4 is 5.97 Å². The van der Waals surface area contributed by atoms with Crippen LogP contribution in [0.1, 0.15) is 33.6 Å². The highest BCUT2D eigenvalue weighted by atomic mass is 16.5. The zero-order valence-corrected chi connectivity index (χ0v) is 10.1. The largest absolute Gasteiger partial charge is 0.469 e. The summed E-state index contributed by atoms with van der Waals surface area (Å²) in [5.41, 5.74) is 0.